The van der Waals surface area contributed by atoms with Gasteiger partial charge in [-0.25, -0.2) is 14.6 Å². The Labute approximate surface area is 199 Å². The lowest BCUT2D eigenvalue weighted by atomic mass is 9.83. The molecule has 11 heteroatoms. The SMILES string of the molecule is Cc1ccc(-c2cnc3c(-n4nncc4C4CCC4)cc(C(=O)N[C@@H](C)c4ncn[nH]4)cn23)s1. The number of thiophene rings is 1. The molecule has 0 spiro atoms. The highest BCUT2D eigenvalue weighted by atomic mass is 32.1. The molecule has 2 N–H and O–H groups in total. The second kappa shape index (κ2) is 8.17. The van der Waals surface area contributed by atoms with Crippen molar-refractivity contribution in [3.8, 4) is 16.3 Å². The van der Waals surface area contributed by atoms with Crippen LogP contribution in [0.1, 0.15) is 64.9 Å². The highest BCUT2D eigenvalue weighted by Gasteiger charge is 2.26. The molecule has 5 aromatic heterocycles. The fourth-order valence-corrected chi connectivity index (χ4v) is 5.16. The van der Waals surface area contributed by atoms with Crippen LogP contribution in [0.4, 0.5) is 0 Å². The van der Waals surface area contributed by atoms with Crippen molar-refractivity contribution >= 4 is 22.9 Å². The largest absolute Gasteiger partial charge is 0.342 e. The molecule has 1 aliphatic rings. The molecule has 1 aliphatic carbocycles. The summed E-state index contributed by atoms with van der Waals surface area (Å²) < 4.78 is 3.81. The van der Waals surface area contributed by atoms with Crippen molar-refractivity contribution in [3.05, 3.63) is 65.1 Å². The highest BCUT2D eigenvalue weighted by Crippen LogP contribution is 2.37. The number of carbonyl (C=O) groups is 1. The van der Waals surface area contributed by atoms with Crippen molar-refractivity contribution in [3.63, 3.8) is 0 Å². The molecule has 1 saturated carbocycles. The maximum Gasteiger partial charge on any atom is 0.253 e. The molecule has 1 amide bonds. The molecule has 1 fully saturated rings. The summed E-state index contributed by atoms with van der Waals surface area (Å²) in [5.74, 6) is 0.795. The molecule has 172 valence electrons. The number of hydrogen-bond acceptors (Lipinski definition) is 7. The third-order valence-corrected chi connectivity index (χ3v) is 7.38. The van der Waals surface area contributed by atoms with E-state index in [1.54, 1.807) is 11.3 Å². The molecular weight excluding hydrogens is 450 g/mol. The number of rotatable bonds is 6. The summed E-state index contributed by atoms with van der Waals surface area (Å²) in [4.78, 5) is 24.5. The zero-order valence-corrected chi connectivity index (χ0v) is 19.6. The van der Waals surface area contributed by atoms with Crippen molar-refractivity contribution in [2.75, 3.05) is 0 Å². The van der Waals surface area contributed by atoms with Crippen molar-refractivity contribution in [1.82, 2.24) is 44.9 Å². The van der Waals surface area contributed by atoms with Gasteiger partial charge in [-0.1, -0.05) is 11.6 Å². The van der Waals surface area contributed by atoms with E-state index in [-0.39, 0.29) is 11.9 Å². The summed E-state index contributed by atoms with van der Waals surface area (Å²) >= 11 is 1.69. The first-order valence-corrected chi connectivity index (χ1v) is 12.0. The second-order valence-corrected chi connectivity index (χ2v) is 9.91. The summed E-state index contributed by atoms with van der Waals surface area (Å²) in [6.45, 7) is 3.94. The van der Waals surface area contributed by atoms with E-state index >= 15 is 0 Å². The molecule has 0 bridgehead atoms. The Morgan fingerprint density at radius 2 is 2.15 bits per heavy atom. The van der Waals surface area contributed by atoms with Gasteiger partial charge in [-0.05, 0) is 44.9 Å². The average molecular weight is 474 g/mol. The summed E-state index contributed by atoms with van der Waals surface area (Å²) in [7, 11) is 0. The van der Waals surface area contributed by atoms with Gasteiger partial charge in [0.25, 0.3) is 5.91 Å². The van der Waals surface area contributed by atoms with Crippen LogP contribution in [0.3, 0.4) is 0 Å². The molecule has 1 atom stereocenters. The Kier molecular flexibility index (Phi) is 4.98. The fraction of sp³-hybridized carbons (Fsp3) is 0.304. The van der Waals surface area contributed by atoms with Gasteiger partial charge in [0.2, 0.25) is 0 Å². The Morgan fingerprint density at radius 1 is 1.26 bits per heavy atom. The van der Waals surface area contributed by atoms with Gasteiger partial charge in [-0.3, -0.25) is 14.3 Å². The number of amides is 1. The van der Waals surface area contributed by atoms with Gasteiger partial charge in [0, 0.05) is 17.0 Å². The van der Waals surface area contributed by atoms with E-state index in [0.717, 1.165) is 40.4 Å². The van der Waals surface area contributed by atoms with Gasteiger partial charge in [-0.2, -0.15) is 5.10 Å². The van der Waals surface area contributed by atoms with Gasteiger partial charge in [-0.15, -0.1) is 16.4 Å². The minimum Gasteiger partial charge on any atom is -0.342 e. The maximum atomic E-state index is 13.3. The lowest BCUT2D eigenvalue weighted by molar-refractivity contribution is 0.0938. The Hall–Kier alpha value is -3.86. The van der Waals surface area contributed by atoms with E-state index < -0.39 is 0 Å². The Balaban J connectivity index is 1.48. The first-order chi connectivity index (χ1) is 16.6. The van der Waals surface area contributed by atoms with E-state index in [4.69, 9.17) is 4.98 Å². The molecule has 0 radical (unpaired) electrons. The van der Waals surface area contributed by atoms with Crippen LogP contribution in [0, 0.1) is 6.92 Å². The molecule has 10 nitrogen and oxygen atoms in total. The quantitative estimate of drug-likeness (QED) is 0.387. The molecule has 0 unspecified atom stereocenters. The highest BCUT2D eigenvalue weighted by molar-refractivity contribution is 7.15. The average Bonchev–Trinajstić information content (AvgIpc) is 3.58. The molecular formula is C23H23N9OS. The summed E-state index contributed by atoms with van der Waals surface area (Å²) in [6, 6.07) is 5.68. The first kappa shape index (κ1) is 20.7. The van der Waals surface area contributed by atoms with Gasteiger partial charge in [0.1, 0.15) is 17.8 Å². The van der Waals surface area contributed by atoms with E-state index in [9.17, 15) is 4.79 Å². The molecule has 0 aliphatic heterocycles. The third kappa shape index (κ3) is 3.48. The van der Waals surface area contributed by atoms with Crippen LogP contribution in [0.15, 0.2) is 43.1 Å². The lowest BCUT2D eigenvalue weighted by Crippen LogP contribution is -2.28. The minimum atomic E-state index is -0.326. The van der Waals surface area contributed by atoms with Crippen molar-refractivity contribution < 1.29 is 4.79 Å². The zero-order valence-electron chi connectivity index (χ0n) is 18.8. The molecule has 5 aromatic rings. The first-order valence-electron chi connectivity index (χ1n) is 11.2. The molecule has 5 heterocycles. The Bertz CT molecular complexity index is 1480. The number of imidazole rings is 1. The van der Waals surface area contributed by atoms with Crippen LogP contribution < -0.4 is 5.32 Å². The number of aromatic nitrogens is 8. The predicted molar refractivity (Wildman–Crippen MR) is 127 cm³/mol. The van der Waals surface area contributed by atoms with Crippen molar-refractivity contribution in [2.24, 2.45) is 0 Å². The molecule has 6 rings (SSSR count). The van der Waals surface area contributed by atoms with E-state index in [1.165, 1.54) is 17.6 Å². The number of nitrogens with one attached hydrogen (secondary N) is 2. The summed E-state index contributed by atoms with van der Waals surface area (Å²) in [6.07, 6.45) is 10.4. The number of hydrogen-bond donors (Lipinski definition) is 2. The van der Waals surface area contributed by atoms with Crippen LogP contribution in [0.2, 0.25) is 0 Å². The lowest BCUT2D eigenvalue weighted by Gasteiger charge is -2.25. The van der Waals surface area contributed by atoms with Gasteiger partial charge in [0.15, 0.2) is 5.65 Å². The predicted octanol–water partition coefficient (Wildman–Crippen LogP) is 3.83. The van der Waals surface area contributed by atoms with Gasteiger partial charge >= 0.3 is 0 Å². The van der Waals surface area contributed by atoms with Crippen LogP contribution in [-0.2, 0) is 0 Å². The third-order valence-electron chi connectivity index (χ3n) is 6.36. The number of aromatic amines is 1. The van der Waals surface area contributed by atoms with Crippen molar-refractivity contribution in [1.29, 1.82) is 0 Å². The fourth-order valence-electron chi connectivity index (χ4n) is 4.29. The number of fused-ring (bicyclic) bond motifs is 1. The van der Waals surface area contributed by atoms with Crippen molar-refractivity contribution in [2.45, 2.75) is 45.1 Å². The van der Waals surface area contributed by atoms with Crippen LogP contribution in [0.5, 0.6) is 0 Å². The standard InChI is InChI=1S/C23H23N9OS/c1-13-6-7-20(34-13)19-9-24-22-17(32-18(10-26-30-32)15-4-3-5-15)8-16(11-31(19)22)23(33)28-14(2)21-25-12-27-29-21/h6-12,14-15H,3-5H2,1-2H3,(H,28,33)(H,25,27,29)/t14-/m0/s1. The zero-order chi connectivity index (χ0) is 23.2. The number of carbonyl (C=O) groups excluding carboxylic acids is 1. The van der Waals surface area contributed by atoms with Gasteiger partial charge in [0.05, 0.1) is 40.3 Å². The topological polar surface area (TPSA) is 119 Å². The maximum absolute atomic E-state index is 13.3. The number of pyridine rings is 1. The number of nitrogens with zero attached hydrogens (tertiary/aromatic N) is 7. The molecule has 0 aromatic carbocycles. The van der Waals surface area contributed by atoms with E-state index in [0.29, 0.717) is 17.3 Å². The second-order valence-electron chi connectivity index (χ2n) is 8.63. The van der Waals surface area contributed by atoms with Crippen LogP contribution >= 0.6 is 11.3 Å². The Morgan fingerprint density at radius 3 is 2.85 bits per heavy atom. The van der Waals surface area contributed by atoms with Crippen LogP contribution in [0.25, 0.3) is 21.9 Å². The summed E-state index contributed by atoms with van der Waals surface area (Å²) in [5.41, 5.74) is 3.94. The van der Waals surface area contributed by atoms with E-state index in [1.807, 2.05) is 40.7 Å². The smallest absolute Gasteiger partial charge is 0.253 e. The van der Waals surface area contributed by atoms with Crippen LogP contribution in [-0.4, -0.2) is 45.5 Å². The molecule has 34 heavy (non-hydrogen) atoms. The monoisotopic (exact) mass is 473 g/mol. The van der Waals surface area contributed by atoms with E-state index in [2.05, 4.69) is 49.9 Å². The van der Waals surface area contributed by atoms with Gasteiger partial charge < -0.3 is 5.32 Å². The summed E-state index contributed by atoms with van der Waals surface area (Å²) in [5, 5.41) is 18.3. The number of H-pyrrole nitrogens is 1. The molecule has 0 saturated heterocycles. The minimum absolute atomic E-state index is 0.223. The number of aryl methyl sites for hydroxylation is 1. The normalized spacial score (nSPS) is 14.9.